The van der Waals surface area contributed by atoms with Gasteiger partial charge in [-0.3, -0.25) is 0 Å². The Morgan fingerprint density at radius 1 is 1.05 bits per heavy atom. The number of hydrogen-bond acceptors (Lipinski definition) is 2. The lowest BCUT2D eigenvalue weighted by Gasteiger charge is -2.12. The molecule has 0 heterocycles. The summed E-state index contributed by atoms with van der Waals surface area (Å²) in [5, 5.41) is 0. The largest absolute Gasteiger partial charge is 0.694 e. The van der Waals surface area contributed by atoms with Gasteiger partial charge in [0.05, 0.1) is 0 Å². The van der Waals surface area contributed by atoms with Crippen molar-refractivity contribution in [1.29, 1.82) is 0 Å². The maximum Gasteiger partial charge on any atom is 0.694 e. The lowest BCUT2D eigenvalue weighted by atomic mass is 10.0. The van der Waals surface area contributed by atoms with Crippen LogP contribution in [0.15, 0.2) is 0 Å². The zero-order valence-electron chi connectivity index (χ0n) is 13.7. The van der Waals surface area contributed by atoms with Gasteiger partial charge in [-0.2, -0.15) is 0 Å². The molecule has 0 aliphatic carbocycles. The first-order valence-electron chi connectivity index (χ1n) is 7.66. The van der Waals surface area contributed by atoms with Gasteiger partial charge in [-0.15, -0.1) is 9.42 Å². The molecule has 0 spiro atoms. The highest BCUT2D eigenvalue weighted by molar-refractivity contribution is 7.32. The third kappa shape index (κ3) is 20.5. The molecule has 0 aliphatic heterocycles. The second-order valence-electron chi connectivity index (χ2n) is 5.89. The van der Waals surface area contributed by atoms with Crippen LogP contribution in [0.2, 0.25) is 0 Å². The predicted molar refractivity (Wildman–Crippen MR) is 83.4 cm³/mol. The smallest absolute Gasteiger partial charge is 0.133 e. The van der Waals surface area contributed by atoms with Crippen molar-refractivity contribution in [3.63, 3.8) is 0 Å². The van der Waals surface area contributed by atoms with E-state index in [4.69, 9.17) is 9.42 Å². The summed E-state index contributed by atoms with van der Waals surface area (Å²) in [5.41, 5.74) is 0. The first-order chi connectivity index (χ1) is 8.83. The molecule has 0 aromatic carbocycles. The van der Waals surface area contributed by atoms with Crippen molar-refractivity contribution in [2.45, 2.75) is 86.2 Å². The second kappa shape index (κ2) is 14.4. The average molecular weight is 293 g/mol. The molecular formula is C15H34O3P+. The number of hydrogen-bond donors (Lipinski definition) is 1. The van der Waals surface area contributed by atoms with Gasteiger partial charge in [0.25, 0.3) is 0 Å². The molecule has 0 aliphatic rings. The van der Waals surface area contributed by atoms with Crippen molar-refractivity contribution in [3.05, 3.63) is 0 Å². The van der Waals surface area contributed by atoms with Crippen molar-refractivity contribution >= 4 is 8.25 Å². The highest BCUT2D eigenvalue weighted by Crippen LogP contribution is 2.25. The Morgan fingerprint density at radius 2 is 1.58 bits per heavy atom. The molecule has 0 saturated carbocycles. The molecule has 4 heteroatoms. The van der Waals surface area contributed by atoms with E-state index < -0.39 is 8.25 Å². The minimum atomic E-state index is -2.44. The van der Waals surface area contributed by atoms with Crippen LogP contribution in [0.3, 0.4) is 0 Å². The molecule has 2 atom stereocenters. The Kier molecular flexibility index (Phi) is 16.2. The van der Waals surface area contributed by atoms with Crippen molar-refractivity contribution < 1.29 is 14.0 Å². The van der Waals surface area contributed by atoms with Gasteiger partial charge < -0.3 is 0 Å². The third-order valence-electron chi connectivity index (χ3n) is 2.92. The molecule has 0 fully saturated rings. The fourth-order valence-corrected chi connectivity index (χ4v) is 1.94. The Morgan fingerprint density at radius 3 is 1.89 bits per heavy atom. The Bertz CT molecular complexity index is 206. The first-order valence-corrected chi connectivity index (χ1v) is 8.79. The van der Waals surface area contributed by atoms with E-state index in [0.717, 1.165) is 25.2 Å². The third-order valence-corrected chi connectivity index (χ3v) is 3.40. The molecule has 0 amide bonds. The zero-order chi connectivity index (χ0) is 15.3. The van der Waals surface area contributed by atoms with Crippen molar-refractivity contribution in [2.75, 3.05) is 0 Å². The highest BCUT2D eigenvalue weighted by atomic mass is 31.1. The van der Waals surface area contributed by atoms with E-state index in [0.29, 0.717) is 5.92 Å². The van der Waals surface area contributed by atoms with Crippen LogP contribution < -0.4 is 0 Å². The predicted octanol–water partition coefficient (Wildman–Crippen LogP) is 5.70. The fourth-order valence-electron chi connectivity index (χ4n) is 1.49. The summed E-state index contributed by atoms with van der Waals surface area (Å²) in [6.07, 6.45) is 6.44. The van der Waals surface area contributed by atoms with E-state index in [1.165, 1.54) is 19.3 Å². The zero-order valence-corrected chi connectivity index (χ0v) is 14.6. The normalized spacial score (nSPS) is 13.2. The van der Waals surface area contributed by atoms with Gasteiger partial charge in [-0.25, -0.2) is 0 Å². The lowest BCUT2D eigenvalue weighted by molar-refractivity contribution is 0.152. The highest BCUT2D eigenvalue weighted by Gasteiger charge is 2.23. The molecule has 2 unspecified atom stereocenters. The van der Waals surface area contributed by atoms with Crippen LogP contribution in [0.5, 0.6) is 0 Å². The van der Waals surface area contributed by atoms with Crippen LogP contribution in [0.4, 0.5) is 0 Å². The van der Waals surface area contributed by atoms with Crippen molar-refractivity contribution in [3.8, 4) is 0 Å². The summed E-state index contributed by atoms with van der Waals surface area (Å²) in [6, 6.07) is 0. The molecule has 3 nitrogen and oxygen atoms in total. The molecular weight excluding hydrogens is 259 g/mol. The van der Waals surface area contributed by atoms with E-state index >= 15 is 0 Å². The van der Waals surface area contributed by atoms with Gasteiger partial charge >= 0.3 is 8.25 Å². The van der Waals surface area contributed by atoms with E-state index in [1.807, 2.05) is 0 Å². The molecule has 19 heavy (non-hydrogen) atoms. The summed E-state index contributed by atoms with van der Waals surface area (Å²) in [6.45, 7) is 13.0. The SMILES string of the molecule is CCC(C)C.CCCCCC(CC(C)C)O[P+](=O)O. The topological polar surface area (TPSA) is 46.5 Å². The van der Waals surface area contributed by atoms with Gasteiger partial charge in [0.1, 0.15) is 6.10 Å². The van der Waals surface area contributed by atoms with E-state index in [1.54, 1.807) is 0 Å². The van der Waals surface area contributed by atoms with Crippen molar-refractivity contribution in [1.82, 2.24) is 0 Å². The summed E-state index contributed by atoms with van der Waals surface area (Å²) < 4.78 is 15.5. The van der Waals surface area contributed by atoms with Gasteiger partial charge in [0.15, 0.2) is 0 Å². The van der Waals surface area contributed by atoms with Crippen LogP contribution in [0, 0.1) is 11.8 Å². The molecule has 1 N–H and O–H groups in total. The van der Waals surface area contributed by atoms with Crippen LogP contribution in [-0.2, 0) is 9.09 Å². The van der Waals surface area contributed by atoms with Gasteiger partial charge in [-0.1, -0.05) is 67.2 Å². The Balaban J connectivity index is 0. The van der Waals surface area contributed by atoms with Gasteiger partial charge in [-0.05, 0) is 24.7 Å². The second-order valence-corrected chi connectivity index (χ2v) is 6.58. The van der Waals surface area contributed by atoms with Crippen molar-refractivity contribution in [2.24, 2.45) is 11.8 Å². The quantitative estimate of drug-likeness (QED) is 0.438. The minimum Gasteiger partial charge on any atom is -0.133 e. The van der Waals surface area contributed by atoms with E-state index in [-0.39, 0.29) is 6.10 Å². The van der Waals surface area contributed by atoms with Crippen LogP contribution in [-0.4, -0.2) is 11.0 Å². The molecule has 0 radical (unpaired) electrons. The van der Waals surface area contributed by atoms with Crippen LogP contribution in [0.25, 0.3) is 0 Å². The summed E-state index contributed by atoms with van der Waals surface area (Å²) in [4.78, 5) is 8.68. The number of rotatable bonds is 9. The molecule has 0 rings (SSSR count). The Labute approximate surface area is 121 Å². The first kappa shape index (κ1) is 21.3. The fraction of sp³-hybridized carbons (Fsp3) is 1.00. The number of unbranched alkanes of at least 4 members (excludes halogenated alkanes) is 2. The molecule has 116 valence electrons. The molecule has 0 aromatic heterocycles. The summed E-state index contributed by atoms with van der Waals surface area (Å²) in [7, 11) is -2.44. The molecule has 0 saturated heterocycles. The van der Waals surface area contributed by atoms with E-state index in [2.05, 4.69) is 41.5 Å². The van der Waals surface area contributed by atoms with Gasteiger partial charge in [0.2, 0.25) is 0 Å². The Hall–Kier alpha value is 0.0200. The standard InChI is InChI=1S/C10H21O3P.C5H12/c1-4-5-6-7-10(8-9(2)3)13-14(11)12;1-4-5(2)3/h9-10H,4-8H2,1-3H3;5H,4H2,1-3H3/p+1. The lowest BCUT2D eigenvalue weighted by Crippen LogP contribution is -2.12. The minimum absolute atomic E-state index is 0.0461. The monoisotopic (exact) mass is 293 g/mol. The summed E-state index contributed by atoms with van der Waals surface area (Å²) >= 11 is 0. The summed E-state index contributed by atoms with van der Waals surface area (Å²) in [5.74, 6) is 1.39. The maximum atomic E-state index is 10.5. The van der Waals surface area contributed by atoms with Gasteiger partial charge in [0, 0.05) is 4.57 Å². The van der Waals surface area contributed by atoms with E-state index in [9.17, 15) is 4.57 Å². The molecule has 0 aromatic rings. The van der Waals surface area contributed by atoms with Crippen LogP contribution >= 0.6 is 8.25 Å². The van der Waals surface area contributed by atoms with Crippen LogP contribution in [0.1, 0.15) is 80.1 Å². The maximum absolute atomic E-state index is 10.5. The molecule has 0 bridgehead atoms. The average Bonchev–Trinajstić information content (AvgIpc) is 2.28.